The largest absolute Gasteiger partial charge is 0.480 e. The Kier molecular flexibility index (Phi) is 12.7. The summed E-state index contributed by atoms with van der Waals surface area (Å²) in [6.07, 6.45) is 0.164. The van der Waals surface area contributed by atoms with E-state index in [2.05, 4.69) is 10.6 Å². The number of carbonyl (C=O) groups is 4. The van der Waals surface area contributed by atoms with Gasteiger partial charge >= 0.3 is 17.9 Å². The summed E-state index contributed by atoms with van der Waals surface area (Å²) in [6, 6.07) is -0.920. The van der Waals surface area contributed by atoms with E-state index in [0.29, 0.717) is 52.4 Å². The van der Waals surface area contributed by atoms with Crippen LogP contribution in [0.5, 0.6) is 0 Å². The van der Waals surface area contributed by atoms with Crippen molar-refractivity contribution in [1.29, 1.82) is 0 Å². The van der Waals surface area contributed by atoms with E-state index in [9.17, 15) is 24.3 Å². The number of aliphatic carboxylic acids is 3. The maximum absolute atomic E-state index is 12.0. The molecule has 12 heteroatoms. The van der Waals surface area contributed by atoms with Gasteiger partial charge in [0.15, 0.2) is 0 Å². The molecule has 1 amide bonds. The highest BCUT2D eigenvalue weighted by Gasteiger charge is 2.28. The van der Waals surface area contributed by atoms with Crippen molar-refractivity contribution in [2.75, 3.05) is 72.0 Å². The van der Waals surface area contributed by atoms with E-state index in [0.717, 1.165) is 6.54 Å². The summed E-state index contributed by atoms with van der Waals surface area (Å²) in [5.74, 6) is -3.29. The molecule has 1 aliphatic heterocycles. The molecule has 0 aromatic heterocycles. The summed E-state index contributed by atoms with van der Waals surface area (Å²) in [4.78, 5) is 51.3. The van der Waals surface area contributed by atoms with Crippen molar-refractivity contribution in [2.24, 2.45) is 0 Å². The van der Waals surface area contributed by atoms with E-state index in [1.165, 1.54) is 0 Å². The van der Waals surface area contributed by atoms with Crippen LogP contribution in [0.1, 0.15) is 19.8 Å². The molecular formula is C19H35N5O7. The van der Waals surface area contributed by atoms with Crippen LogP contribution in [0, 0.1) is 0 Å². The monoisotopic (exact) mass is 445 g/mol. The minimum absolute atomic E-state index is 0.0528. The number of hydrogen-bond acceptors (Lipinski definition) is 8. The fourth-order valence-electron chi connectivity index (χ4n) is 3.45. The van der Waals surface area contributed by atoms with Crippen LogP contribution >= 0.6 is 0 Å². The fourth-order valence-corrected chi connectivity index (χ4v) is 3.45. The van der Waals surface area contributed by atoms with E-state index in [1.807, 2.05) is 6.92 Å². The Morgan fingerprint density at radius 1 is 0.839 bits per heavy atom. The van der Waals surface area contributed by atoms with Crippen LogP contribution in [-0.2, 0) is 19.2 Å². The topological polar surface area (TPSA) is 163 Å². The zero-order valence-corrected chi connectivity index (χ0v) is 18.1. The molecule has 1 fully saturated rings. The van der Waals surface area contributed by atoms with Crippen LogP contribution in [-0.4, -0.2) is 132 Å². The summed E-state index contributed by atoms with van der Waals surface area (Å²) in [5, 5.41) is 33.8. The lowest BCUT2D eigenvalue weighted by molar-refractivity contribution is -0.144. The standard InChI is InChI=1S/C19H35N5O7/c1-2-20-5-6-21-16(25)4-3-15(19(30)31)24-11-9-22(13-17(26)27)7-8-23(10-12-24)14-18(28)29/h15,20H,2-14H2,1H3,(H,21,25)(H,26,27)(H,28,29)(H,30,31). The van der Waals surface area contributed by atoms with Crippen LogP contribution in [0.15, 0.2) is 0 Å². The molecule has 31 heavy (non-hydrogen) atoms. The third-order valence-corrected chi connectivity index (χ3v) is 5.10. The molecular weight excluding hydrogens is 410 g/mol. The molecule has 1 atom stereocenters. The van der Waals surface area contributed by atoms with Crippen molar-refractivity contribution in [1.82, 2.24) is 25.3 Å². The molecule has 0 aliphatic carbocycles. The highest BCUT2D eigenvalue weighted by atomic mass is 16.4. The van der Waals surface area contributed by atoms with E-state index >= 15 is 0 Å². The number of carboxylic acid groups (broad SMARTS) is 3. The molecule has 0 radical (unpaired) electrons. The van der Waals surface area contributed by atoms with Crippen LogP contribution in [0.2, 0.25) is 0 Å². The summed E-state index contributed by atoms with van der Waals surface area (Å²) in [5.41, 5.74) is 0. The Bertz CT molecular complexity index is 576. The molecule has 178 valence electrons. The first kappa shape index (κ1) is 26.8. The molecule has 1 aliphatic rings. The van der Waals surface area contributed by atoms with E-state index < -0.39 is 23.9 Å². The Hall–Kier alpha value is -2.28. The number of likely N-dealkylation sites (N-methyl/N-ethyl adjacent to an activating group) is 1. The quantitative estimate of drug-likeness (QED) is 0.200. The average molecular weight is 446 g/mol. The maximum Gasteiger partial charge on any atom is 0.320 e. The van der Waals surface area contributed by atoms with Gasteiger partial charge in [-0.15, -0.1) is 0 Å². The second-order valence-corrected chi connectivity index (χ2v) is 7.47. The lowest BCUT2D eigenvalue weighted by Crippen LogP contribution is -2.47. The average Bonchev–Trinajstić information content (AvgIpc) is 2.77. The highest BCUT2D eigenvalue weighted by molar-refractivity contribution is 5.78. The minimum Gasteiger partial charge on any atom is -0.480 e. The molecule has 1 saturated heterocycles. The Morgan fingerprint density at radius 2 is 1.35 bits per heavy atom. The molecule has 0 aromatic rings. The number of nitrogens with zero attached hydrogens (tertiary/aromatic N) is 3. The van der Waals surface area contributed by atoms with Crippen molar-refractivity contribution in [3.8, 4) is 0 Å². The number of amides is 1. The number of nitrogens with one attached hydrogen (secondary N) is 2. The third-order valence-electron chi connectivity index (χ3n) is 5.10. The van der Waals surface area contributed by atoms with E-state index in [-0.39, 0.29) is 31.8 Å². The van der Waals surface area contributed by atoms with E-state index in [1.54, 1.807) is 14.7 Å². The maximum atomic E-state index is 12.0. The normalized spacial score (nSPS) is 17.8. The summed E-state index contributed by atoms with van der Waals surface area (Å²) in [7, 11) is 0. The van der Waals surface area contributed by atoms with Crippen LogP contribution < -0.4 is 10.6 Å². The molecule has 5 N–H and O–H groups in total. The molecule has 1 rings (SSSR count). The minimum atomic E-state index is -1.06. The van der Waals surface area contributed by atoms with Gasteiger partial charge in [0.2, 0.25) is 5.91 Å². The second-order valence-electron chi connectivity index (χ2n) is 7.47. The third kappa shape index (κ3) is 11.6. The Morgan fingerprint density at radius 3 is 1.81 bits per heavy atom. The zero-order valence-electron chi connectivity index (χ0n) is 18.1. The van der Waals surface area contributed by atoms with Gasteiger partial charge in [-0.2, -0.15) is 0 Å². The van der Waals surface area contributed by atoms with Gasteiger partial charge in [0.1, 0.15) is 6.04 Å². The molecule has 0 aromatic carbocycles. The van der Waals surface area contributed by atoms with Crippen molar-refractivity contribution >= 4 is 23.8 Å². The first-order chi connectivity index (χ1) is 14.7. The van der Waals surface area contributed by atoms with Crippen molar-refractivity contribution in [2.45, 2.75) is 25.8 Å². The summed E-state index contributed by atoms with van der Waals surface area (Å²) >= 11 is 0. The summed E-state index contributed by atoms with van der Waals surface area (Å²) in [6.45, 7) is 5.49. The number of carbonyl (C=O) groups excluding carboxylic acids is 1. The lowest BCUT2D eigenvalue weighted by Gasteiger charge is -2.30. The first-order valence-corrected chi connectivity index (χ1v) is 10.6. The van der Waals surface area contributed by atoms with Gasteiger partial charge in [0.25, 0.3) is 0 Å². The smallest absolute Gasteiger partial charge is 0.320 e. The molecule has 0 spiro atoms. The van der Waals surface area contributed by atoms with Gasteiger partial charge in [-0.25, -0.2) is 0 Å². The molecule has 12 nitrogen and oxygen atoms in total. The van der Waals surface area contributed by atoms with Crippen molar-refractivity contribution in [3.63, 3.8) is 0 Å². The molecule has 1 unspecified atom stereocenters. The van der Waals surface area contributed by atoms with Crippen LogP contribution in [0.25, 0.3) is 0 Å². The SMILES string of the molecule is CCNCCNC(=O)CCC(C(=O)O)N1CCN(CC(=O)O)CCN(CC(=O)O)CC1. The van der Waals surface area contributed by atoms with Crippen LogP contribution in [0.4, 0.5) is 0 Å². The second kappa shape index (κ2) is 14.7. The van der Waals surface area contributed by atoms with Crippen LogP contribution in [0.3, 0.4) is 0 Å². The van der Waals surface area contributed by atoms with Gasteiger partial charge in [-0.05, 0) is 13.0 Å². The predicted octanol–water partition coefficient (Wildman–Crippen LogP) is -1.97. The first-order valence-electron chi connectivity index (χ1n) is 10.6. The van der Waals surface area contributed by atoms with Gasteiger partial charge in [-0.3, -0.25) is 33.9 Å². The highest BCUT2D eigenvalue weighted by Crippen LogP contribution is 2.11. The molecule has 0 saturated carbocycles. The van der Waals surface area contributed by atoms with Gasteiger partial charge < -0.3 is 26.0 Å². The predicted molar refractivity (Wildman–Crippen MR) is 112 cm³/mol. The van der Waals surface area contributed by atoms with Gasteiger partial charge in [0.05, 0.1) is 13.1 Å². The number of hydrogen-bond donors (Lipinski definition) is 5. The van der Waals surface area contributed by atoms with Gasteiger partial charge in [-0.1, -0.05) is 6.92 Å². The molecule has 1 heterocycles. The van der Waals surface area contributed by atoms with Crippen molar-refractivity contribution < 1.29 is 34.5 Å². The number of rotatable bonds is 13. The number of carboxylic acids is 3. The fraction of sp³-hybridized carbons (Fsp3) is 0.789. The Balaban J connectivity index is 2.77. The molecule has 0 bridgehead atoms. The van der Waals surface area contributed by atoms with E-state index in [4.69, 9.17) is 10.2 Å². The zero-order chi connectivity index (χ0) is 23.2. The summed E-state index contributed by atoms with van der Waals surface area (Å²) < 4.78 is 0. The van der Waals surface area contributed by atoms with Gasteiger partial charge in [0, 0.05) is 58.8 Å². The lowest BCUT2D eigenvalue weighted by atomic mass is 10.1. The van der Waals surface area contributed by atoms with Crippen molar-refractivity contribution in [3.05, 3.63) is 0 Å². The Labute approximate surface area is 182 Å².